The Morgan fingerprint density at radius 2 is 2.06 bits per heavy atom. The molecule has 0 fully saturated rings. The van der Waals surface area contributed by atoms with E-state index in [1.54, 1.807) is 0 Å². The average Bonchev–Trinajstić information content (AvgIpc) is 2.42. The second-order valence-electron chi connectivity index (χ2n) is 3.43. The molecule has 0 amide bonds. The number of benzene rings is 1. The van der Waals surface area contributed by atoms with Gasteiger partial charge >= 0.3 is 0 Å². The number of hydrogen-bond acceptors (Lipinski definition) is 5. The van der Waals surface area contributed by atoms with Crippen molar-refractivity contribution in [2.24, 2.45) is 5.16 Å². The fraction of sp³-hybridized carbons (Fsp3) is 0.167. The SMILES string of the molecule is CC/C(=N/O)c1cnnc(-c2ccccc2)n1. The molecule has 0 aliphatic carbocycles. The standard InChI is InChI=1S/C12H12N4O/c1-2-10(16-17)11-8-13-15-12(14-11)9-6-4-3-5-7-9/h3-8,17H,2H2,1H3/b16-10-. The molecule has 17 heavy (non-hydrogen) atoms. The summed E-state index contributed by atoms with van der Waals surface area (Å²) in [5, 5.41) is 19.9. The van der Waals surface area contributed by atoms with Crippen molar-refractivity contribution in [2.75, 3.05) is 0 Å². The fourth-order valence-electron chi connectivity index (χ4n) is 1.46. The molecular formula is C12H12N4O. The minimum Gasteiger partial charge on any atom is -0.411 e. The van der Waals surface area contributed by atoms with E-state index in [9.17, 15) is 0 Å². The van der Waals surface area contributed by atoms with Crippen LogP contribution in [-0.2, 0) is 0 Å². The summed E-state index contributed by atoms with van der Waals surface area (Å²) >= 11 is 0. The number of hydrogen-bond donors (Lipinski definition) is 1. The summed E-state index contributed by atoms with van der Waals surface area (Å²) in [5.41, 5.74) is 1.93. The molecule has 86 valence electrons. The van der Waals surface area contributed by atoms with Crippen LogP contribution < -0.4 is 0 Å². The maximum absolute atomic E-state index is 8.84. The molecule has 5 nitrogen and oxygen atoms in total. The lowest BCUT2D eigenvalue weighted by atomic mass is 10.2. The number of nitrogens with zero attached hydrogens (tertiary/aromatic N) is 4. The molecule has 0 saturated carbocycles. The molecule has 1 aromatic carbocycles. The Labute approximate surface area is 98.9 Å². The Hall–Kier alpha value is -2.30. The molecule has 2 rings (SSSR count). The minimum atomic E-state index is 0.497. The van der Waals surface area contributed by atoms with Crippen LogP contribution in [0.4, 0.5) is 0 Å². The summed E-state index contributed by atoms with van der Waals surface area (Å²) in [6.07, 6.45) is 2.08. The Balaban J connectivity index is 2.42. The highest BCUT2D eigenvalue weighted by molar-refractivity contribution is 5.98. The highest BCUT2D eigenvalue weighted by atomic mass is 16.4. The van der Waals surface area contributed by atoms with Gasteiger partial charge in [0.1, 0.15) is 11.4 Å². The zero-order valence-electron chi connectivity index (χ0n) is 9.41. The molecule has 1 aromatic heterocycles. The van der Waals surface area contributed by atoms with Gasteiger partial charge in [-0.1, -0.05) is 42.4 Å². The first-order valence-electron chi connectivity index (χ1n) is 5.31. The first-order chi connectivity index (χ1) is 8.35. The van der Waals surface area contributed by atoms with Gasteiger partial charge in [-0.05, 0) is 6.42 Å². The molecule has 0 atom stereocenters. The van der Waals surface area contributed by atoms with Crippen LogP contribution in [0.5, 0.6) is 0 Å². The molecule has 0 saturated heterocycles. The van der Waals surface area contributed by atoms with E-state index in [0.29, 0.717) is 23.7 Å². The van der Waals surface area contributed by atoms with E-state index in [4.69, 9.17) is 5.21 Å². The number of oxime groups is 1. The van der Waals surface area contributed by atoms with Gasteiger partial charge < -0.3 is 5.21 Å². The summed E-state index contributed by atoms with van der Waals surface area (Å²) in [5.74, 6) is 0.526. The minimum absolute atomic E-state index is 0.497. The van der Waals surface area contributed by atoms with E-state index in [1.165, 1.54) is 6.20 Å². The van der Waals surface area contributed by atoms with E-state index in [2.05, 4.69) is 20.3 Å². The third kappa shape index (κ3) is 2.44. The lowest BCUT2D eigenvalue weighted by Gasteiger charge is -2.02. The zero-order valence-corrected chi connectivity index (χ0v) is 9.41. The molecule has 2 aromatic rings. The van der Waals surface area contributed by atoms with Crippen LogP contribution in [-0.4, -0.2) is 26.1 Å². The highest BCUT2D eigenvalue weighted by Gasteiger charge is 2.07. The first-order valence-corrected chi connectivity index (χ1v) is 5.31. The Morgan fingerprint density at radius 1 is 1.29 bits per heavy atom. The molecule has 5 heteroatoms. The van der Waals surface area contributed by atoms with E-state index in [0.717, 1.165) is 5.56 Å². The first kappa shape index (κ1) is 11.2. The summed E-state index contributed by atoms with van der Waals surface area (Å²) in [4.78, 5) is 4.32. The summed E-state index contributed by atoms with van der Waals surface area (Å²) in [6, 6.07) is 9.55. The van der Waals surface area contributed by atoms with Crippen LogP contribution in [0.3, 0.4) is 0 Å². The van der Waals surface area contributed by atoms with Gasteiger partial charge in [0.05, 0.1) is 6.20 Å². The third-order valence-electron chi connectivity index (χ3n) is 2.34. The van der Waals surface area contributed by atoms with Gasteiger partial charge in [0.15, 0.2) is 5.82 Å². The van der Waals surface area contributed by atoms with E-state index in [-0.39, 0.29) is 0 Å². The summed E-state index contributed by atoms with van der Waals surface area (Å²) in [7, 11) is 0. The van der Waals surface area contributed by atoms with Crippen LogP contribution >= 0.6 is 0 Å². The van der Waals surface area contributed by atoms with Crippen LogP contribution in [0.1, 0.15) is 19.0 Å². The molecule has 0 unspecified atom stereocenters. The second-order valence-corrected chi connectivity index (χ2v) is 3.43. The van der Waals surface area contributed by atoms with Crippen molar-refractivity contribution >= 4 is 5.71 Å². The van der Waals surface area contributed by atoms with E-state index in [1.807, 2.05) is 37.3 Å². The van der Waals surface area contributed by atoms with Gasteiger partial charge in [0, 0.05) is 5.56 Å². The summed E-state index contributed by atoms with van der Waals surface area (Å²) < 4.78 is 0. The average molecular weight is 228 g/mol. The smallest absolute Gasteiger partial charge is 0.182 e. The largest absolute Gasteiger partial charge is 0.411 e. The van der Waals surface area contributed by atoms with Gasteiger partial charge in [-0.15, -0.1) is 5.10 Å². The lowest BCUT2D eigenvalue weighted by molar-refractivity contribution is 0.318. The van der Waals surface area contributed by atoms with Crippen molar-refractivity contribution in [1.29, 1.82) is 0 Å². The van der Waals surface area contributed by atoms with Crippen molar-refractivity contribution < 1.29 is 5.21 Å². The Morgan fingerprint density at radius 3 is 2.71 bits per heavy atom. The highest BCUT2D eigenvalue weighted by Crippen LogP contribution is 2.13. The number of aromatic nitrogens is 3. The monoisotopic (exact) mass is 228 g/mol. The topological polar surface area (TPSA) is 71.3 Å². The molecule has 0 aliphatic rings. The molecule has 1 heterocycles. The van der Waals surface area contributed by atoms with Crippen LogP contribution in [0.25, 0.3) is 11.4 Å². The van der Waals surface area contributed by atoms with Crippen molar-refractivity contribution in [3.05, 3.63) is 42.2 Å². The normalized spacial score (nSPS) is 11.5. The van der Waals surface area contributed by atoms with Crippen LogP contribution in [0, 0.1) is 0 Å². The van der Waals surface area contributed by atoms with Gasteiger partial charge in [-0.25, -0.2) is 4.98 Å². The fourth-order valence-corrected chi connectivity index (χ4v) is 1.46. The molecular weight excluding hydrogens is 216 g/mol. The molecule has 1 N–H and O–H groups in total. The van der Waals surface area contributed by atoms with E-state index >= 15 is 0 Å². The summed E-state index contributed by atoms with van der Waals surface area (Å²) in [6.45, 7) is 1.89. The van der Waals surface area contributed by atoms with Crippen molar-refractivity contribution in [2.45, 2.75) is 13.3 Å². The van der Waals surface area contributed by atoms with E-state index < -0.39 is 0 Å². The van der Waals surface area contributed by atoms with Gasteiger partial charge in [0.25, 0.3) is 0 Å². The lowest BCUT2D eigenvalue weighted by Crippen LogP contribution is -2.05. The Bertz CT molecular complexity index is 525. The molecule has 0 radical (unpaired) electrons. The number of rotatable bonds is 3. The molecule has 0 spiro atoms. The van der Waals surface area contributed by atoms with Crippen molar-refractivity contribution in [3.8, 4) is 11.4 Å². The van der Waals surface area contributed by atoms with Crippen LogP contribution in [0.2, 0.25) is 0 Å². The second kappa shape index (κ2) is 5.16. The van der Waals surface area contributed by atoms with Crippen molar-refractivity contribution in [3.63, 3.8) is 0 Å². The third-order valence-corrected chi connectivity index (χ3v) is 2.34. The maximum atomic E-state index is 8.84. The zero-order chi connectivity index (χ0) is 12.1. The predicted octanol–water partition coefficient (Wildman–Crippen LogP) is 2.13. The Kier molecular flexibility index (Phi) is 3.40. The molecule has 0 bridgehead atoms. The molecule has 0 aliphatic heterocycles. The van der Waals surface area contributed by atoms with Crippen molar-refractivity contribution in [1.82, 2.24) is 15.2 Å². The maximum Gasteiger partial charge on any atom is 0.182 e. The van der Waals surface area contributed by atoms with Crippen LogP contribution in [0.15, 0.2) is 41.7 Å². The van der Waals surface area contributed by atoms with Gasteiger partial charge in [-0.2, -0.15) is 5.10 Å². The quantitative estimate of drug-likeness (QED) is 0.496. The van der Waals surface area contributed by atoms with Gasteiger partial charge in [0.2, 0.25) is 0 Å². The predicted molar refractivity (Wildman–Crippen MR) is 63.9 cm³/mol. The van der Waals surface area contributed by atoms with Gasteiger partial charge in [-0.3, -0.25) is 0 Å².